The Bertz CT molecular complexity index is 860. The number of carbonyl (C=O) groups excluding carboxylic acids is 1. The van der Waals surface area contributed by atoms with Crippen LogP contribution in [0.2, 0.25) is 0 Å². The van der Waals surface area contributed by atoms with Crippen LogP contribution in [0, 0.1) is 0 Å². The van der Waals surface area contributed by atoms with Crippen LogP contribution in [0.15, 0.2) is 64.0 Å². The van der Waals surface area contributed by atoms with Crippen LogP contribution in [0.3, 0.4) is 0 Å². The summed E-state index contributed by atoms with van der Waals surface area (Å²) >= 11 is 1.24. The van der Waals surface area contributed by atoms with Crippen molar-refractivity contribution in [3.8, 4) is 22.4 Å². The minimum atomic E-state index is 0.670. The van der Waals surface area contributed by atoms with Gasteiger partial charge >= 0.3 is 0 Å². The molecule has 0 aliphatic carbocycles. The predicted octanol–water partition coefficient (Wildman–Crippen LogP) is 6.06. The lowest BCUT2D eigenvalue weighted by Crippen LogP contribution is -1.90. The molecule has 3 rings (SSSR count). The van der Waals surface area contributed by atoms with E-state index in [1.54, 1.807) is 0 Å². The highest BCUT2D eigenvalue weighted by molar-refractivity contribution is 7.97. The number of aryl methyl sites for hydroxylation is 1. The van der Waals surface area contributed by atoms with Crippen molar-refractivity contribution < 1.29 is 9.32 Å². The number of carbonyl (C=O) groups is 1. The van der Waals surface area contributed by atoms with Gasteiger partial charge in [0.1, 0.15) is 17.7 Å². The van der Waals surface area contributed by atoms with E-state index in [9.17, 15) is 4.79 Å². The highest BCUT2D eigenvalue weighted by Gasteiger charge is 2.19. The first-order valence-electron chi connectivity index (χ1n) is 9.78. The highest BCUT2D eigenvalue weighted by atomic mass is 32.2. The van der Waals surface area contributed by atoms with Crippen LogP contribution in [0.1, 0.15) is 44.3 Å². The van der Waals surface area contributed by atoms with Crippen molar-refractivity contribution in [3.63, 3.8) is 0 Å². The number of aldehydes is 1. The SMILES string of the molecule is NSc1ccc(-c2c(-c3ccccc3)noc2CCCCCCCC=O)cc1. The third-order valence-corrected chi connectivity index (χ3v) is 5.36. The van der Waals surface area contributed by atoms with Crippen molar-refractivity contribution >= 4 is 18.2 Å². The second-order valence-corrected chi connectivity index (χ2v) is 7.52. The molecule has 0 unspecified atom stereocenters. The van der Waals surface area contributed by atoms with Crippen molar-refractivity contribution in [2.45, 2.75) is 49.8 Å². The second-order valence-electron chi connectivity index (χ2n) is 6.81. The monoisotopic (exact) mass is 394 g/mol. The van der Waals surface area contributed by atoms with Crippen LogP contribution >= 0.6 is 11.9 Å². The molecule has 2 aromatic carbocycles. The fraction of sp³-hybridized carbons (Fsp3) is 0.304. The van der Waals surface area contributed by atoms with Gasteiger partial charge in [0.15, 0.2) is 0 Å². The minimum Gasteiger partial charge on any atom is -0.360 e. The average molecular weight is 395 g/mol. The molecule has 0 fully saturated rings. The van der Waals surface area contributed by atoms with E-state index >= 15 is 0 Å². The van der Waals surface area contributed by atoms with E-state index in [0.717, 1.165) is 77.9 Å². The molecule has 0 aliphatic rings. The molecule has 1 heterocycles. The van der Waals surface area contributed by atoms with Gasteiger partial charge in [-0.2, -0.15) is 0 Å². The van der Waals surface area contributed by atoms with E-state index in [1.807, 2.05) is 30.3 Å². The van der Waals surface area contributed by atoms with Crippen LogP contribution in [-0.4, -0.2) is 11.4 Å². The molecule has 2 N–H and O–H groups in total. The predicted molar refractivity (Wildman–Crippen MR) is 115 cm³/mol. The fourth-order valence-corrected chi connectivity index (χ4v) is 3.62. The number of nitrogens with two attached hydrogens (primary N) is 1. The maximum atomic E-state index is 10.4. The Balaban J connectivity index is 1.77. The molecular formula is C23H26N2O2S. The normalized spacial score (nSPS) is 10.9. The molecule has 0 bridgehead atoms. The van der Waals surface area contributed by atoms with E-state index in [1.165, 1.54) is 11.9 Å². The molecule has 0 amide bonds. The van der Waals surface area contributed by atoms with Crippen LogP contribution in [0.5, 0.6) is 0 Å². The number of unbranched alkanes of at least 4 members (excludes halogenated alkanes) is 5. The van der Waals surface area contributed by atoms with Gasteiger partial charge in [-0.15, -0.1) is 0 Å². The number of hydrogen-bond acceptors (Lipinski definition) is 5. The van der Waals surface area contributed by atoms with Gasteiger partial charge in [-0.1, -0.05) is 66.9 Å². The Kier molecular flexibility index (Phi) is 7.88. The maximum Gasteiger partial charge on any atom is 0.145 e. The molecule has 0 spiro atoms. The third-order valence-electron chi connectivity index (χ3n) is 4.81. The van der Waals surface area contributed by atoms with Gasteiger partial charge in [0.25, 0.3) is 0 Å². The molecule has 3 aromatic rings. The van der Waals surface area contributed by atoms with Crippen LogP contribution in [-0.2, 0) is 11.2 Å². The molecule has 146 valence electrons. The Labute approximate surface area is 170 Å². The van der Waals surface area contributed by atoms with E-state index in [0.29, 0.717) is 6.42 Å². The number of hydrogen-bond donors (Lipinski definition) is 1. The minimum absolute atomic E-state index is 0.670. The highest BCUT2D eigenvalue weighted by Crippen LogP contribution is 2.36. The summed E-state index contributed by atoms with van der Waals surface area (Å²) in [5, 5.41) is 10.1. The smallest absolute Gasteiger partial charge is 0.145 e. The van der Waals surface area contributed by atoms with Crippen molar-refractivity contribution in [2.75, 3.05) is 0 Å². The average Bonchev–Trinajstić information content (AvgIpc) is 3.17. The van der Waals surface area contributed by atoms with Crippen molar-refractivity contribution in [2.24, 2.45) is 5.14 Å². The molecular weight excluding hydrogens is 368 g/mol. The van der Waals surface area contributed by atoms with Crippen molar-refractivity contribution in [1.82, 2.24) is 5.16 Å². The summed E-state index contributed by atoms with van der Waals surface area (Å²) in [7, 11) is 0. The summed E-state index contributed by atoms with van der Waals surface area (Å²) in [5.74, 6) is 0.930. The van der Waals surface area contributed by atoms with Gasteiger partial charge in [-0.25, -0.2) is 0 Å². The van der Waals surface area contributed by atoms with Crippen molar-refractivity contribution in [3.05, 3.63) is 60.4 Å². The van der Waals surface area contributed by atoms with E-state index < -0.39 is 0 Å². The molecule has 0 aliphatic heterocycles. The number of rotatable bonds is 11. The molecule has 0 atom stereocenters. The molecule has 5 heteroatoms. The Morgan fingerprint density at radius 2 is 1.61 bits per heavy atom. The van der Waals surface area contributed by atoms with E-state index in [4.69, 9.17) is 9.66 Å². The molecule has 0 saturated carbocycles. The largest absolute Gasteiger partial charge is 0.360 e. The standard InChI is InChI=1S/C23H26N2O2S/c24-28-20-15-13-18(14-16-20)22-21(12-8-3-1-2-4-9-17-26)27-25-23(22)19-10-6-5-7-11-19/h5-7,10-11,13-17H,1-4,8-9,12,24H2. The van der Waals surface area contributed by atoms with Gasteiger partial charge in [0, 0.05) is 23.3 Å². The first-order chi connectivity index (χ1) is 13.8. The van der Waals surface area contributed by atoms with Gasteiger partial charge in [-0.05, 0) is 42.5 Å². The number of benzene rings is 2. The van der Waals surface area contributed by atoms with Gasteiger partial charge in [0.2, 0.25) is 0 Å². The van der Waals surface area contributed by atoms with E-state index in [2.05, 4.69) is 29.4 Å². The molecule has 0 saturated heterocycles. The molecule has 28 heavy (non-hydrogen) atoms. The fourth-order valence-electron chi connectivity index (χ4n) is 3.33. The zero-order valence-corrected chi connectivity index (χ0v) is 16.8. The summed E-state index contributed by atoms with van der Waals surface area (Å²) in [4.78, 5) is 11.4. The summed E-state index contributed by atoms with van der Waals surface area (Å²) in [5.41, 5.74) is 4.10. The van der Waals surface area contributed by atoms with Crippen LogP contribution < -0.4 is 5.14 Å². The van der Waals surface area contributed by atoms with Gasteiger partial charge < -0.3 is 9.32 Å². The van der Waals surface area contributed by atoms with Gasteiger partial charge in [0.05, 0.1) is 5.56 Å². The Morgan fingerprint density at radius 1 is 0.893 bits per heavy atom. The van der Waals surface area contributed by atoms with Gasteiger partial charge in [-0.3, -0.25) is 5.14 Å². The van der Waals surface area contributed by atoms with E-state index in [-0.39, 0.29) is 0 Å². The molecule has 1 aromatic heterocycles. The maximum absolute atomic E-state index is 10.4. The lowest BCUT2D eigenvalue weighted by atomic mass is 9.97. The summed E-state index contributed by atoms with van der Waals surface area (Å²) in [6.07, 6.45) is 7.94. The van der Waals surface area contributed by atoms with Crippen LogP contribution in [0.25, 0.3) is 22.4 Å². The first kappa shape index (κ1) is 20.4. The zero-order valence-electron chi connectivity index (χ0n) is 16.0. The Morgan fingerprint density at radius 3 is 2.32 bits per heavy atom. The summed E-state index contributed by atoms with van der Waals surface area (Å²) in [6.45, 7) is 0. The van der Waals surface area contributed by atoms with Crippen molar-refractivity contribution in [1.29, 1.82) is 0 Å². The quantitative estimate of drug-likeness (QED) is 0.243. The number of aromatic nitrogens is 1. The third kappa shape index (κ3) is 5.33. The summed E-state index contributed by atoms with van der Waals surface area (Å²) in [6, 6.07) is 18.4. The topological polar surface area (TPSA) is 69.1 Å². The lowest BCUT2D eigenvalue weighted by Gasteiger charge is -2.06. The van der Waals surface area contributed by atoms with Crippen LogP contribution in [0.4, 0.5) is 0 Å². The summed E-state index contributed by atoms with van der Waals surface area (Å²) < 4.78 is 5.78. The Hall–Kier alpha value is -2.37. The second kappa shape index (κ2) is 10.8. The lowest BCUT2D eigenvalue weighted by molar-refractivity contribution is -0.107. The number of nitrogens with zero attached hydrogens (tertiary/aromatic N) is 1. The zero-order chi connectivity index (χ0) is 19.6. The molecule has 4 nitrogen and oxygen atoms in total. The first-order valence-corrected chi connectivity index (χ1v) is 10.7. The molecule has 0 radical (unpaired) electrons.